The zero-order valence-electron chi connectivity index (χ0n) is 7.80. The fraction of sp³-hybridized carbons (Fsp3) is 0.250. The van der Waals surface area contributed by atoms with Gasteiger partial charge >= 0.3 is 5.97 Å². The molecule has 0 spiro atoms. The maximum atomic E-state index is 11.4. The van der Waals surface area contributed by atoms with E-state index in [9.17, 15) is 9.59 Å². The van der Waals surface area contributed by atoms with Gasteiger partial charge in [-0.3, -0.25) is 9.59 Å². The van der Waals surface area contributed by atoms with Crippen molar-refractivity contribution < 1.29 is 14.7 Å². The number of aromatic nitrogens is 2. The van der Waals surface area contributed by atoms with Gasteiger partial charge in [-0.2, -0.15) is 0 Å². The highest BCUT2D eigenvalue weighted by atomic mass is 16.4. The number of carbonyl (C=O) groups is 2. The van der Waals surface area contributed by atoms with Crippen LogP contribution in [0.2, 0.25) is 0 Å². The number of hydrogen-bond donors (Lipinski definition) is 3. The first-order valence-corrected chi connectivity index (χ1v) is 4.17. The fourth-order valence-corrected chi connectivity index (χ4v) is 0.890. The molecule has 1 amide bonds. The Hall–Kier alpha value is -2.18. The summed E-state index contributed by atoms with van der Waals surface area (Å²) in [7, 11) is 0. The van der Waals surface area contributed by atoms with E-state index in [1.54, 1.807) is 0 Å². The number of anilines is 1. The number of nitrogens with one attached hydrogen (secondary N) is 1. The summed E-state index contributed by atoms with van der Waals surface area (Å²) in [6.45, 7) is 0.0319. The number of nitrogens with two attached hydrogens (primary N) is 1. The Balaban J connectivity index is 2.54. The largest absolute Gasteiger partial charge is 0.481 e. The second kappa shape index (κ2) is 4.89. The molecule has 7 nitrogen and oxygen atoms in total. The lowest BCUT2D eigenvalue weighted by atomic mass is 10.3. The highest BCUT2D eigenvalue weighted by Crippen LogP contribution is 2.01. The molecule has 0 atom stereocenters. The van der Waals surface area contributed by atoms with E-state index >= 15 is 0 Å². The number of nitrogen functional groups attached to an aromatic ring is 1. The minimum absolute atomic E-state index is 0.00267. The van der Waals surface area contributed by atoms with E-state index in [1.165, 1.54) is 12.4 Å². The van der Waals surface area contributed by atoms with Gasteiger partial charge in [0.25, 0.3) is 5.91 Å². The van der Waals surface area contributed by atoms with Crippen molar-refractivity contribution in [2.45, 2.75) is 6.42 Å². The minimum atomic E-state index is -0.984. The summed E-state index contributed by atoms with van der Waals surface area (Å²) in [5.41, 5.74) is 5.40. The average Bonchev–Trinajstić information content (AvgIpc) is 2.17. The zero-order valence-corrected chi connectivity index (χ0v) is 7.80. The maximum Gasteiger partial charge on any atom is 0.305 e. The Bertz CT molecular complexity index is 380. The van der Waals surface area contributed by atoms with Gasteiger partial charge in [0, 0.05) is 18.9 Å². The third-order valence-corrected chi connectivity index (χ3v) is 1.57. The lowest BCUT2D eigenvalue weighted by molar-refractivity contribution is -0.136. The second-order valence-electron chi connectivity index (χ2n) is 2.69. The molecule has 0 radical (unpaired) electrons. The molecule has 0 bridgehead atoms. The van der Waals surface area contributed by atoms with Crippen molar-refractivity contribution in [3.05, 3.63) is 18.1 Å². The highest BCUT2D eigenvalue weighted by molar-refractivity contribution is 5.96. The van der Waals surface area contributed by atoms with Gasteiger partial charge in [-0.1, -0.05) is 0 Å². The quantitative estimate of drug-likeness (QED) is 0.602. The van der Waals surface area contributed by atoms with Gasteiger partial charge in [0.05, 0.1) is 6.42 Å². The number of carboxylic acids is 1. The third-order valence-electron chi connectivity index (χ3n) is 1.57. The van der Waals surface area contributed by atoms with Gasteiger partial charge in [0.2, 0.25) is 0 Å². The normalized spacial score (nSPS) is 9.60. The number of rotatable bonds is 4. The Labute approximate surface area is 85.3 Å². The monoisotopic (exact) mass is 210 g/mol. The molecule has 0 saturated carbocycles. The molecule has 0 aliphatic carbocycles. The molecule has 1 heterocycles. The molecular formula is C8H10N4O3. The Morgan fingerprint density at radius 2 is 2.07 bits per heavy atom. The molecule has 15 heavy (non-hydrogen) atoms. The van der Waals surface area contributed by atoms with Gasteiger partial charge in [-0.05, 0) is 0 Å². The molecule has 1 rings (SSSR count). The molecular weight excluding hydrogens is 200 g/mol. The number of carboxylic acid groups (broad SMARTS) is 1. The van der Waals surface area contributed by atoms with E-state index in [4.69, 9.17) is 10.8 Å². The number of amides is 1. The van der Waals surface area contributed by atoms with Crippen LogP contribution < -0.4 is 11.1 Å². The highest BCUT2D eigenvalue weighted by Gasteiger charge is 2.11. The van der Waals surface area contributed by atoms with Gasteiger partial charge < -0.3 is 16.2 Å². The van der Waals surface area contributed by atoms with Crippen molar-refractivity contribution in [1.82, 2.24) is 15.3 Å². The third kappa shape index (κ3) is 3.22. The fourth-order valence-electron chi connectivity index (χ4n) is 0.890. The van der Waals surface area contributed by atoms with Crippen LogP contribution in [0, 0.1) is 0 Å². The summed E-state index contributed by atoms with van der Waals surface area (Å²) in [6.07, 6.45) is 2.55. The first-order valence-electron chi connectivity index (χ1n) is 4.17. The van der Waals surface area contributed by atoms with E-state index < -0.39 is 11.9 Å². The van der Waals surface area contributed by atoms with Crippen molar-refractivity contribution >= 4 is 17.7 Å². The minimum Gasteiger partial charge on any atom is -0.481 e. The molecule has 0 unspecified atom stereocenters. The molecule has 0 saturated heterocycles. The molecule has 0 fully saturated rings. The number of hydrogen-bond acceptors (Lipinski definition) is 5. The molecule has 1 aromatic heterocycles. The van der Waals surface area contributed by atoms with Crippen molar-refractivity contribution in [2.75, 3.05) is 12.3 Å². The summed E-state index contributed by atoms with van der Waals surface area (Å²) in [6, 6.07) is 0. The maximum absolute atomic E-state index is 11.4. The molecule has 7 heteroatoms. The van der Waals surface area contributed by atoms with Crippen LogP contribution in [0.25, 0.3) is 0 Å². The van der Waals surface area contributed by atoms with Gasteiger partial charge in [-0.25, -0.2) is 9.97 Å². The summed E-state index contributed by atoms with van der Waals surface area (Å²) < 4.78 is 0. The van der Waals surface area contributed by atoms with Crippen molar-refractivity contribution in [3.8, 4) is 0 Å². The van der Waals surface area contributed by atoms with Crippen molar-refractivity contribution in [2.24, 2.45) is 0 Å². The topological polar surface area (TPSA) is 118 Å². The van der Waals surface area contributed by atoms with Crippen LogP contribution >= 0.6 is 0 Å². The van der Waals surface area contributed by atoms with Gasteiger partial charge in [0.1, 0.15) is 0 Å². The van der Waals surface area contributed by atoms with E-state index in [-0.39, 0.29) is 24.5 Å². The number of nitrogens with zero attached hydrogens (tertiary/aromatic N) is 2. The van der Waals surface area contributed by atoms with Gasteiger partial charge in [0.15, 0.2) is 11.5 Å². The Kier molecular flexibility index (Phi) is 3.55. The van der Waals surface area contributed by atoms with E-state index in [2.05, 4.69) is 15.3 Å². The molecule has 0 aliphatic rings. The summed E-state index contributed by atoms with van der Waals surface area (Å²) in [5.74, 6) is -1.49. The Morgan fingerprint density at radius 1 is 1.40 bits per heavy atom. The number of carbonyl (C=O) groups excluding carboxylic acids is 1. The average molecular weight is 210 g/mol. The molecule has 80 valence electrons. The van der Waals surface area contributed by atoms with E-state index in [0.717, 1.165) is 0 Å². The lowest BCUT2D eigenvalue weighted by Gasteiger charge is -2.03. The standard InChI is InChI=1S/C8H10N4O3/c9-7-6(10-3-4-11-7)8(15)12-2-1-5(13)14/h3-4H,1-2H2,(H2,9,11)(H,12,15)(H,13,14). The summed E-state index contributed by atoms with van der Waals surface area (Å²) in [5, 5.41) is 10.7. The molecule has 0 aromatic carbocycles. The van der Waals surface area contributed by atoms with Crippen LogP contribution in [0.4, 0.5) is 5.82 Å². The molecule has 0 aliphatic heterocycles. The first kappa shape index (κ1) is 10.9. The predicted octanol–water partition coefficient (Wildman–Crippen LogP) is -0.737. The smallest absolute Gasteiger partial charge is 0.305 e. The predicted molar refractivity (Wildman–Crippen MR) is 51.0 cm³/mol. The summed E-state index contributed by atoms with van der Waals surface area (Å²) >= 11 is 0. The number of aliphatic carboxylic acids is 1. The van der Waals surface area contributed by atoms with Gasteiger partial charge in [-0.15, -0.1) is 0 Å². The van der Waals surface area contributed by atoms with Crippen molar-refractivity contribution in [3.63, 3.8) is 0 Å². The van der Waals surface area contributed by atoms with Crippen LogP contribution in [-0.2, 0) is 4.79 Å². The molecule has 4 N–H and O–H groups in total. The summed E-state index contributed by atoms with van der Waals surface area (Å²) in [4.78, 5) is 29.0. The van der Waals surface area contributed by atoms with Crippen LogP contribution in [-0.4, -0.2) is 33.5 Å². The Morgan fingerprint density at radius 3 is 2.67 bits per heavy atom. The second-order valence-corrected chi connectivity index (χ2v) is 2.69. The van der Waals surface area contributed by atoms with E-state index in [0.29, 0.717) is 0 Å². The molecule has 1 aromatic rings. The van der Waals surface area contributed by atoms with Crippen LogP contribution in [0.5, 0.6) is 0 Å². The van der Waals surface area contributed by atoms with Crippen LogP contribution in [0.15, 0.2) is 12.4 Å². The lowest BCUT2D eigenvalue weighted by Crippen LogP contribution is -2.27. The van der Waals surface area contributed by atoms with Crippen LogP contribution in [0.3, 0.4) is 0 Å². The van der Waals surface area contributed by atoms with Crippen LogP contribution in [0.1, 0.15) is 16.9 Å². The zero-order chi connectivity index (χ0) is 11.3. The SMILES string of the molecule is Nc1nccnc1C(=O)NCCC(=O)O. The van der Waals surface area contributed by atoms with Crippen molar-refractivity contribution in [1.29, 1.82) is 0 Å². The van der Waals surface area contributed by atoms with E-state index in [1.807, 2.05) is 0 Å². The first-order chi connectivity index (χ1) is 7.11.